The molecule has 2 rings (SSSR count). The molecule has 1 aliphatic carbocycles. The Balaban J connectivity index is 2.20. The van der Waals surface area contributed by atoms with Crippen LogP contribution in [0.25, 0.3) is 0 Å². The highest BCUT2D eigenvalue weighted by atomic mass is 16.5. The van der Waals surface area contributed by atoms with E-state index in [0.29, 0.717) is 17.4 Å². The monoisotopic (exact) mass is 161 g/mol. The highest BCUT2D eigenvalue weighted by molar-refractivity contribution is 5.79. The molecule has 1 fully saturated rings. The molecule has 0 aliphatic heterocycles. The standard InChI is InChI=1S/C10H9O2/c11-7-8-3-1-2-4-10(8)12-9-5-6-9/h1-4,9H,5-6H2. The second-order valence-corrected chi connectivity index (χ2v) is 2.92. The van der Waals surface area contributed by atoms with Crippen molar-refractivity contribution < 1.29 is 9.53 Å². The molecule has 0 amide bonds. The lowest BCUT2D eigenvalue weighted by Gasteiger charge is -2.04. The molecule has 0 saturated heterocycles. The molecule has 0 N–H and O–H groups in total. The lowest BCUT2D eigenvalue weighted by molar-refractivity contribution is 0.302. The Morgan fingerprint density at radius 1 is 1.33 bits per heavy atom. The van der Waals surface area contributed by atoms with Gasteiger partial charge in [0.05, 0.1) is 11.7 Å². The largest absolute Gasteiger partial charge is 0.490 e. The Morgan fingerprint density at radius 2 is 2.08 bits per heavy atom. The van der Waals surface area contributed by atoms with Crippen LogP contribution in [-0.2, 0) is 4.79 Å². The maximum Gasteiger partial charge on any atom is 0.237 e. The van der Waals surface area contributed by atoms with E-state index in [1.807, 2.05) is 12.4 Å². The fourth-order valence-electron chi connectivity index (χ4n) is 1.02. The molecular weight excluding hydrogens is 152 g/mol. The molecule has 1 aromatic rings. The first-order valence-corrected chi connectivity index (χ1v) is 4.04. The van der Waals surface area contributed by atoms with Crippen LogP contribution in [0, 0.1) is 0 Å². The molecule has 0 spiro atoms. The Hall–Kier alpha value is -1.31. The minimum Gasteiger partial charge on any atom is -0.490 e. The minimum atomic E-state index is 0.333. The molecule has 2 heteroatoms. The second-order valence-electron chi connectivity index (χ2n) is 2.92. The zero-order chi connectivity index (χ0) is 8.39. The summed E-state index contributed by atoms with van der Waals surface area (Å²) in [6.45, 7) is 0. The third kappa shape index (κ3) is 1.47. The number of hydrogen-bond donors (Lipinski definition) is 0. The summed E-state index contributed by atoms with van der Waals surface area (Å²) >= 11 is 0. The third-order valence-corrected chi connectivity index (χ3v) is 1.82. The van der Waals surface area contributed by atoms with Gasteiger partial charge in [-0.25, -0.2) is 0 Å². The molecule has 1 aromatic carbocycles. The quantitative estimate of drug-likeness (QED) is 0.674. The zero-order valence-corrected chi connectivity index (χ0v) is 6.62. The highest BCUT2D eigenvalue weighted by Gasteiger charge is 2.24. The molecule has 1 aliphatic rings. The van der Waals surface area contributed by atoms with Crippen molar-refractivity contribution in [3.8, 4) is 5.75 Å². The molecule has 61 valence electrons. The maximum absolute atomic E-state index is 10.4. The van der Waals surface area contributed by atoms with Gasteiger partial charge in [-0.05, 0) is 25.0 Å². The Kier molecular flexibility index (Phi) is 1.82. The third-order valence-electron chi connectivity index (χ3n) is 1.82. The molecule has 0 aromatic heterocycles. The lowest BCUT2D eigenvalue weighted by atomic mass is 10.2. The van der Waals surface area contributed by atoms with Crippen molar-refractivity contribution in [3.63, 3.8) is 0 Å². The van der Waals surface area contributed by atoms with Crippen LogP contribution in [0.1, 0.15) is 18.4 Å². The van der Waals surface area contributed by atoms with Crippen molar-refractivity contribution in [1.29, 1.82) is 0 Å². The van der Waals surface area contributed by atoms with Crippen molar-refractivity contribution in [1.82, 2.24) is 0 Å². The van der Waals surface area contributed by atoms with Gasteiger partial charge in [0.1, 0.15) is 5.75 Å². The second kappa shape index (κ2) is 2.97. The minimum absolute atomic E-state index is 0.333. The van der Waals surface area contributed by atoms with Crippen LogP contribution in [0.3, 0.4) is 0 Å². The summed E-state index contributed by atoms with van der Waals surface area (Å²) in [6, 6.07) is 7.18. The van der Waals surface area contributed by atoms with Gasteiger partial charge in [0, 0.05) is 0 Å². The molecular formula is C10H9O2. The predicted octanol–water partition coefficient (Wildman–Crippen LogP) is 1.69. The highest BCUT2D eigenvalue weighted by Crippen LogP contribution is 2.28. The van der Waals surface area contributed by atoms with Crippen LogP contribution < -0.4 is 4.74 Å². The normalized spacial score (nSPS) is 15.7. The van der Waals surface area contributed by atoms with Gasteiger partial charge in [-0.2, -0.15) is 0 Å². The van der Waals surface area contributed by atoms with E-state index in [4.69, 9.17) is 4.74 Å². The van der Waals surface area contributed by atoms with Gasteiger partial charge in [0.25, 0.3) is 0 Å². The van der Waals surface area contributed by atoms with Gasteiger partial charge in [-0.15, -0.1) is 0 Å². The summed E-state index contributed by atoms with van der Waals surface area (Å²) < 4.78 is 5.48. The van der Waals surface area contributed by atoms with Gasteiger partial charge in [-0.1, -0.05) is 12.1 Å². The summed E-state index contributed by atoms with van der Waals surface area (Å²) in [6.07, 6.45) is 4.40. The molecule has 2 nitrogen and oxygen atoms in total. The molecule has 1 saturated carbocycles. The Morgan fingerprint density at radius 3 is 2.75 bits per heavy atom. The van der Waals surface area contributed by atoms with Crippen molar-refractivity contribution in [2.24, 2.45) is 0 Å². The first kappa shape index (κ1) is 7.35. The maximum atomic E-state index is 10.4. The summed E-state index contributed by atoms with van der Waals surface area (Å²) in [4.78, 5) is 10.4. The van der Waals surface area contributed by atoms with Crippen LogP contribution >= 0.6 is 0 Å². The van der Waals surface area contributed by atoms with Crippen LogP contribution in [0.15, 0.2) is 24.3 Å². The van der Waals surface area contributed by atoms with E-state index in [1.165, 1.54) is 0 Å². The van der Waals surface area contributed by atoms with E-state index in [0.717, 1.165) is 12.8 Å². The summed E-state index contributed by atoms with van der Waals surface area (Å²) in [5.41, 5.74) is 0.518. The summed E-state index contributed by atoms with van der Waals surface area (Å²) in [5, 5.41) is 0. The van der Waals surface area contributed by atoms with Crippen molar-refractivity contribution in [2.45, 2.75) is 18.9 Å². The van der Waals surface area contributed by atoms with Crippen LogP contribution in [0.4, 0.5) is 0 Å². The lowest BCUT2D eigenvalue weighted by Crippen LogP contribution is -1.98. The molecule has 0 unspecified atom stereocenters. The average Bonchev–Trinajstić information content (AvgIpc) is 2.89. The Bertz CT molecular complexity index is 290. The predicted molar refractivity (Wildman–Crippen MR) is 44.9 cm³/mol. The first-order chi connectivity index (χ1) is 5.90. The number of benzene rings is 1. The van der Waals surface area contributed by atoms with Gasteiger partial charge in [-0.3, -0.25) is 4.79 Å². The molecule has 1 radical (unpaired) electrons. The van der Waals surface area contributed by atoms with Gasteiger partial charge < -0.3 is 4.74 Å². The van der Waals surface area contributed by atoms with Gasteiger partial charge in [0.15, 0.2) is 0 Å². The molecule has 0 atom stereocenters. The number of carbonyl (C=O) groups excluding carboxylic acids is 1. The SMILES string of the molecule is O=[C]c1ccccc1OC1CC1. The summed E-state index contributed by atoms with van der Waals surface area (Å²) in [7, 11) is 0. The van der Waals surface area contributed by atoms with Crippen LogP contribution in [0.5, 0.6) is 5.75 Å². The summed E-state index contributed by atoms with van der Waals surface area (Å²) in [5.74, 6) is 0.662. The molecule has 12 heavy (non-hydrogen) atoms. The number of hydrogen-bond acceptors (Lipinski definition) is 2. The number of para-hydroxylation sites is 1. The van der Waals surface area contributed by atoms with E-state index >= 15 is 0 Å². The van der Waals surface area contributed by atoms with Crippen LogP contribution in [0.2, 0.25) is 0 Å². The molecule has 0 bridgehead atoms. The zero-order valence-electron chi connectivity index (χ0n) is 6.62. The van der Waals surface area contributed by atoms with Crippen molar-refractivity contribution >= 4 is 6.29 Å². The van der Waals surface area contributed by atoms with E-state index in [-0.39, 0.29) is 0 Å². The van der Waals surface area contributed by atoms with Crippen molar-refractivity contribution in [2.75, 3.05) is 0 Å². The fraction of sp³-hybridized carbons (Fsp3) is 0.300. The van der Waals surface area contributed by atoms with Gasteiger partial charge >= 0.3 is 0 Å². The Labute approximate surface area is 71.2 Å². The topological polar surface area (TPSA) is 26.3 Å². The smallest absolute Gasteiger partial charge is 0.237 e. The van der Waals surface area contributed by atoms with E-state index in [9.17, 15) is 4.79 Å². The number of ether oxygens (including phenoxy) is 1. The van der Waals surface area contributed by atoms with Crippen molar-refractivity contribution in [3.05, 3.63) is 29.8 Å². The fourth-order valence-corrected chi connectivity index (χ4v) is 1.02. The molecule has 0 heterocycles. The van der Waals surface area contributed by atoms with E-state index < -0.39 is 0 Å². The average molecular weight is 161 g/mol. The number of rotatable bonds is 3. The van der Waals surface area contributed by atoms with E-state index in [1.54, 1.807) is 18.2 Å². The van der Waals surface area contributed by atoms with Crippen LogP contribution in [-0.4, -0.2) is 12.4 Å². The van der Waals surface area contributed by atoms with E-state index in [2.05, 4.69) is 0 Å². The first-order valence-electron chi connectivity index (χ1n) is 4.04. The van der Waals surface area contributed by atoms with Gasteiger partial charge in [0.2, 0.25) is 6.29 Å².